The summed E-state index contributed by atoms with van der Waals surface area (Å²) in [7, 11) is 0. The molecular formula is C4H3F2NS. The van der Waals surface area contributed by atoms with Gasteiger partial charge in [-0.1, -0.05) is 11.8 Å². The minimum Gasteiger partial charge on any atom is -0.195 e. The second-order valence-corrected chi connectivity index (χ2v) is 1.67. The zero-order valence-electron chi connectivity index (χ0n) is 4.11. The van der Waals surface area contributed by atoms with Crippen molar-refractivity contribution in [3.05, 3.63) is 11.0 Å². The number of hydrogen-bond donors (Lipinski definition) is 0. The van der Waals surface area contributed by atoms with Gasteiger partial charge in [0, 0.05) is 0 Å². The third-order valence-corrected chi connectivity index (χ3v) is 0.988. The monoisotopic (exact) mass is 135 g/mol. The average Bonchev–Trinajstić information content (AvgIpc) is 1.84. The molecule has 0 heterocycles. The molecule has 0 aromatic carbocycles. The van der Waals surface area contributed by atoms with Crippen LogP contribution in [0.5, 0.6) is 0 Å². The molecule has 0 aliphatic carbocycles. The summed E-state index contributed by atoms with van der Waals surface area (Å²) >= 11 is 0.573. The summed E-state index contributed by atoms with van der Waals surface area (Å²) < 4.78 is 23.4. The fraction of sp³-hybridized carbons (Fsp3) is 0.250. The van der Waals surface area contributed by atoms with Crippen molar-refractivity contribution in [1.29, 1.82) is 5.26 Å². The maximum Gasteiger partial charge on any atom is 0.242 e. The molecule has 0 amide bonds. The fourth-order valence-corrected chi connectivity index (χ4v) is 0.358. The van der Waals surface area contributed by atoms with Gasteiger partial charge in [-0.25, -0.2) is 0 Å². The number of halogens is 2. The molecule has 0 saturated carbocycles. The molecule has 0 bridgehead atoms. The van der Waals surface area contributed by atoms with Crippen molar-refractivity contribution in [1.82, 2.24) is 0 Å². The minimum absolute atomic E-state index is 0.573. The van der Waals surface area contributed by atoms with E-state index in [-0.39, 0.29) is 0 Å². The van der Waals surface area contributed by atoms with Crippen LogP contribution in [0.2, 0.25) is 0 Å². The van der Waals surface area contributed by atoms with Crippen LogP contribution in [0, 0.1) is 11.3 Å². The summed E-state index contributed by atoms with van der Waals surface area (Å²) in [6.45, 7) is 0. The largest absolute Gasteiger partial charge is 0.242 e. The molecule has 0 radical (unpaired) electrons. The van der Waals surface area contributed by atoms with Gasteiger partial charge in [-0.05, 0) is 6.26 Å². The van der Waals surface area contributed by atoms with Crippen LogP contribution >= 0.6 is 11.8 Å². The summed E-state index contributed by atoms with van der Waals surface area (Å²) in [5.41, 5.74) is 0. The van der Waals surface area contributed by atoms with E-state index >= 15 is 0 Å². The van der Waals surface area contributed by atoms with E-state index in [1.165, 1.54) is 6.26 Å². The Morgan fingerprint density at radius 1 is 1.62 bits per heavy atom. The zero-order chi connectivity index (χ0) is 6.57. The van der Waals surface area contributed by atoms with Crippen molar-refractivity contribution in [2.75, 3.05) is 6.26 Å². The van der Waals surface area contributed by atoms with E-state index in [1.54, 1.807) is 0 Å². The molecular weight excluding hydrogens is 132 g/mol. The van der Waals surface area contributed by atoms with Crippen molar-refractivity contribution >= 4 is 11.8 Å². The number of rotatable bonds is 1. The first-order chi connectivity index (χ1) is 3.72. The molecule has 0 fully saturated rings. The first-order valence-electron chi connectivity index (χ1n) is 1.71. The van der Waals surface area contributed by atoms with Crippen LogP contribution in [-0.4, -0.2) is 6.26 Å². The molecule has 0 N–H and O–H groups in total. The lowest BCUT2D eigenvalue weighted by molar-refractivity contribution is 0.598. The first kappa shape index (κ1) is 7.44. The predicted molar refractivity (Wildman–Crippen MR) is 28.4 cm³/mol. The van der Waals surface area contributed by atoms with Gasteiger partial charge in [-0.3, -0.25) is 0 Å². The quantitative estimate of drug-likeness (QED) is 0.513. The van der Waals surface area contributed by atoms with Crippen molar-refractivity contribution in [3.63, 3.8) is 0 Å². The molecule has 0 unspecified atom stereocenters. The summed E-state index contributed by atoms with van der Waals surface area (Å²) in [5.74, 6) is -1.35. The highest BCUT2D eigenvalue weighted by Crippen LogP contribution is 2.17. The molecule has 0 atom stereocenters. The van der Waals surface area contributed by atoms with Crippen molar-refractivity contribution in [2.45, 2.75) is 0 Å². The molecule has 0 aromatic rings. The van der Waals surface area contributed by atoms with Gasteiger partial charge >= 0.3 is 0 Å². The lowest BCUT2D eigenvalue weighted by Gasteiger charge is -1.82. The van der Waals surface area contributed by atoms with Crippen molar-refractivity contribution in [3.8, 4) is 6.07 Å². The third-order valence-electron chi connectivity index (χ3n) is 0.450. The van der Waals surface area contributed by atoms with E-state index < -0.39 is 11.0 Å². The molecule has 1 nitrogen and oxygen atoms in total. The van der Waals surface area contributed by atoms with E-state index in [4.69, 9.17) is 5.26 Å². The molecule has 0 spiro atoms. The highest BCUT2D eigenvalue weighted by Gasteiger charge is 2.00. The Balaban J connectivity index is 4.10. The molecule has 8 heavy (non-hydrogen) atoms. The molecule has 44 valence electrons. The third kappa shape index (κ3) is 1.94. The average molecular weight is 135 g/mol. The maximum absolute atomic E-state index is 11.8. The maximum atomic E-state index is 11.8. The second-order valence-electron chi connectivity index (χ2n) is 0.904. The minimum atomic E-state index is -1.35. The number of thioether (sulfide) groups is 1. The topological polar surface area (TPSA) is 23.8 Å². The normalized spacial score (nSPS) is 12.2. The smallest absolute Gasteiger partial charge is 0.195 e. The Morgan fingerprint density at radius 2 is 2.12 bits per heavy atom. The Labute approximate surface area is 50.0 Å². The van der Waals surface area contributed by atoms with E-state index in [9.17, 15) is 8.78 Å². The van der Waals surface area contributed by atoms with Gasteiger partial charge in [-0.2, -0.15) is 14.0 Å². The van der Waals surface area contributed by atoms with Gasteiger partial charge in [0.25, 0.3) is 0 Å². The molecule has 0 rings (SSSR count). The lowest BCUT2D eigenvalue weighted by atomic mass is 10.7. The number of hydrogen-bond acceptors (Lipinski definition) is 2. The zero-order valence-corrected chi connectivity index (χ0v) is 4.93. The van der Waals surface area contributed by atoms with Crippen LogP contribution in [0.3, 0.4) is 0 Å². The van der Waals surface area contributed by atoms with Crippen LogP contribution in [0.1, 0.15) is 0 Å². The van der Waals surface area contributed by atoms with E-state index in [0.717, 1.165) is 6.07 Å². The highest BCUT2D eigenvalue weighted by atomic mass is 32.2. The van der Waals surface area contributed by atoms with Gasteiger partial charge < -0.3 is 0 Å². The summed E-state index contributed by atoms with van der Waals surface area (Å²) in [4.78, 5) is 0. The van der Waals surface area contributed by atoms with Crippen molar-refractivity contribution in [2.24, 2.45) is 0 Å². The summed E-state index contributed by atoms with van der Waals surface area (Å²) in [5, 5.41) is 6.64. The summed E-state index contributed by atoms with van der Waals surface area (Å²) in [6, 6.07) is 1.03. The van der Waals surface area contributed by atoms with E-state index in [1.807, 2.05) is 0 Å². The SMILES string of the molecule is CSC(F)=C(F)C#N. The van der Waals surface area contributed by atoms with Gasteiger partial charge in [0.1, 0.15) is 6.07 Å². The van der Waals surface area contributed by atoms with E-state index in [0.29, 0.717) is 11.8 Å². The lowest BCUT2D eigenvalue weighted by Crippen LogP contribution is -1.67. The van der Waals surface area contributed by atoms with E-state index in [2.05, 4.69) is 0 Å². The first-order valence-corrected chi connectivity index (χ1v) is 2.94. The van der Waals surface area contributed by atoms with Gasteiger partial charge in [0.05, 0.1) is 0 Å². The second kappa shape index (κ2) is 3.44. The van der Waals surface area contributed by atoms with Crippen LogP contribution < -0.4 is 0 Å². The standard InChI is InChI=1S/C4H3F2NS/c1-8-4(6)3(5)2-7/h1H3. The molecule has 0 aromatic heterocycles. The van der Waals surface area contributed by atoms with Crippen LogP contribution in [0.15, 0.2) is 11.0 Å². The van der Waals surface area contributed by atoms with Crippen molar-refractivity contribution < 1.29 is 8.78 Å². The van der Waals surface area contributed by atoms with Crippen LogP contribution in [-0.2, 0) is 0 Å². The summed E-state index contributed by atoms with van der Waals surface area (Å²) in [6.07, 6.45) is 1.35. The highest BCUT2D eigenvalue weighted by molar-refractivity contribution is 8.02. The molecule has 0 aliphatic heterocycles. The Hall–Kier alpha value is -0.560. The van der Waals surface area contributed by atoms with Crippen LogP contribution in [0.25, 0.3) is 0 Å². The number of allylic oxidation sites excluding steroid dienone is 1. The van der Waals surface area contributed by atoms with Gasteiger partial charge in [0.2, 0.25) is 11.0 Å². The van der Waals surface area contributed by atoms with Gasteiger partial charge in [0.15, 0.2) is 0 Å². The Kier molecular flexibility index (Phi) is 3.20. The predicted octanol–water partition coefficient (Wildman–Crippen LogP) is 1.98. The number of nitriles is 1. The Morgan fingerprint density at radius 3 is 2.25 bits per heavy atom. The molecule has 0 aliphatic rings. The Bertz CT molecular complexity index is 147. The van der Waals surface area contributed by atoms with Gasteiger partial charge in [-0.15, -0.1) is 0 Å². The fourth-order valence-electron chi connectivity index (χ4n) is 0.134. The molecule has 4 heteroatoms. The number of nitrogens with zero attached hydrogens (tertiary/aromatic N) is 1. The van der Waals surface area contributed by atoms with Crippen LogP contribution in [0.4, 0.5) is 8.78 Å². The molecule has 0 saturated heterocycles.